The first kappa shape index (κ1) is 32.2. The zero-order chi connectivity index (χ0) is 28.9. The van der Waals surface area contributed by atoms with Gasteiger partial charge < -0.3 is 24.6 Å². The molecule has 7 nitrogen and oxygen atoms in total. The Bertz CT molecular complexity index is 928. The number of aliphatic hydroxyl groups excluding tert-OH is 1. The lowest BCUT2D eigenvalue weighted by Gasteiger charge is -2.27. The number of benzene rings is 1. The van der Waals surface area contributed by atoms with E-state index in [0.717, 1.165) is 82.6 Å². The van der Waals surface area contributed by atoms with Crippen molar-refractivity contribution in [2.24, 2.45) is 0 Å². The van der Waals surface area contributed by atoms with Gasteiger partial charge in [-0.15, -0.1) is 0 Å². The molecule has 1 heterocycles. The van der Waals surface area contributed by atoms with Crippen LogP contribution in [0.2, 0.25) is 0 Å². The summed E-state index contributed by atoms with van der Waals surface area (Å²) in [5, 5.41) is 21.8. The molecule has 0 radical (unpaired) electrons. The number of hydrogen-bond acceptors (Lipinski definition) is 6. The molecule has 1 aliphatic carbocycles. The van der Waals surface area contributed by atoms with E-state index in [1.165, 1.54) is 6.92 Å². The molecule has 2 aliphatic rings. The van der Waals surface area contributed by atoms with Gasteiger partial charge in [0.15, 0.2) is 11.5 Å². The van der Waals surface area contributed by atoms with Gasteiger partial charge in [-0.05, 0) is 69.4 Å². The van der Waals surface area contributed by atoms with Crippen LogP contribution in [0.15, 0.2) is 12.1 Å². The maximum absolute atomic E-state index is 12.8. The van der Waals surface area contributed by atoms with Crippen LogP contribution in [0.4, 0.5) is 0 Å². The summed E-state index contributed by atoms with van der Waals surface area (Å²) >= 11 is 0. The lowest BCUT2D eigenvalue weighted by Crippen LogP contribution is -2.32. The highest BCUT2D eigenvalue weighted by atomic mass is 16.5. The van der Waals surface area contributed by atoms with Crippen molar-refractivity contribution in [3.05, 3.63) is 23.3 Å². The van der Waals surface area contributed by atoms with Crippen LogP contribution >= 0.6 is 0 Å². The number of esters is 1. The molecular weight excluding hydrogens is 506 g/mol. The van der Waals surface area contributed by atoms with Crippen molar-refractivity contribution >= 4 is 11.9 Å². The fourth-order valence-corrected chi connectivity index (χ4v) is 6.23. The number of carbonyl (C=O) groups is 2. The Morgan fingerprint density at radius 1 is 1.05 bits per heavy atom. The molecule has 1 amide bonds. The Kier molecular flexibility index (Phi) is 13.6. The molecule has 2 fully saturated rings. The second-order valence-electron chi connectivity index (χ2n) is 12.0. The zero-order valence-electron chi connectivity index (χ0n) is 25.2. The highest BCUT2D eigenvalue weighted by molar-refractivity contribution is 5.79. The van der Waals surface area contributed by atoms with Crippen LogP contribution in [0, 0.1) is 0 Å². The van der Waals surface area contributed by atoms with E-state index in [1.54, 1.807) is 0 Å². The van der Waals surface area contributed by atoms with Crippen LogP contribution in [0.1, 0.15) is 135 Å². The summed E-state index contributed by atoms with van der Waals surface area (Å²) in [6.07, 6.45) is 14.7. The molecule has 226 valence electrons. The summed E-state index contributed by atoms with van der Waals surface area (Å²) in [6.45, 7) is 6.11. The molecule has 2 N–H and O–H groups in total. The molecule has 1 aromatic rings. The lowest BCUT2D eigenvalue weighted by atomic mass is 9.98. The smallest absolute Gasteiger partial charge is 0.302 e. The molecule has 40 heavy (non-hydrogen) atoms. The van der Waals surface area contributed by atoms with Crippen molar-refractivity contribution in [3.8, 4) is 11.5 Å². The van der Waals surface area contributed by atoms with Gasteiger partial charge in [0.2, 0.25) is 5.91 Å². The zero-order valence-corrected chi connectivity index (χ0v) is 25.2. The molecule has 1 saturated carbocycles. The molecule has 7 heteroatoms. The molecule has 0 bridgehead atoms. The first-order valence-electron chi connectivity index (χ1n) is 16.0. The number of phenolic OH excluding ortho intramolecular Hbond substituents is 1. The first-order valence-corrected chi connectivity index (χ1v) is 16.0. The van der Waals surface area contributed by atoms with E-state index in [4.69, 9.17) is 9.47 Å². The van der Waals surface area contributed by atoms with E-state index < -0.39 is 6.10 Å². The monoisotopic (exact) mass is 559 g/mol. The van der Waals surface area contributed by atoms with Crippen LogP contribution in [0.25, 0.3) is 0 Å². The molecule has 0 aromatic heterocycles. The molecular formula is C33H53NO6. The Morgan fingerprint density at radius 2 is 1.77 bits per heavy atom. The topological polar surface area (TPSA) is 96.3 Å². The summed E-state index contributed by atoms with van der Waals surface area (Å²) in [5.41, 5.74) is 1.69. The molecule has 3 atom stereocenters. The van der Waals surface area contributed by atoms with E-state index in [9.17, 15) is 19.8 Å². The van der Waals surface area contributed by atoms with Gasteiger partial charge in [0, 0.05) is 37.9 Å². The van der Waals surface area contributed by atoms with Crippen LogP contribution in [0.3, 0.4) is 0 Å². The summed E-state index contributed by atoms with van der Waals surface area (Å²) < 4.78 is 11.9. The lowest BCUT2D eigenvalue weighted by molar-refractivity contribution is -0.148. The number of amides is 1. The van der Waals surface area contributed by atoms with Gasteiger partial charge in [-0.3, -0.25) is 9.59 Å². The maximum atomic E-state index is 12.8. The fraction of sp³-hybridized carbons (Fsp3) is 0.758. The van der Waals surface area contributed by atoms with Crippen molar-refractivity contribution in [1.29, 1.82) is 0 Å². The number of phenols is 1. The molecule has 1 aliphatic heterocycles. The summed E-state index contributed by atoms with van der Waals surface area (Å²) in [7, 11) is 0. The number of likely N-dealkylation sites (tertiary alicyclic amines) is 1. The van der Waals surface area contributed by atoms with E-state index in [1.807, 2.05) is 17.0 Å². The minimum atomic E-state index is -0.502. The van der Waals surface area contributed by atoms with Crippen molar-refractivity contribution in [2.45, 2.75) is 161 Å². The third-order valence-electron chi connectivity index (χ3n) is 8.51. The fourth-order valence-electron chi connectivity index (χ4n) is 6.23. The Hall–Kier alpha value is -2.28. The summed E-state index contributed by atoms with van der Waals surface area (Å²) in [6, 6.07) is 4.10. The predicted molar refractivity (Wildman–Crippen MR) is 157 cm³/mol. The molecule has 0 spiro atoms. The number of aromatic hydroxyl groups is 1. The molecule has 1 aromatic carbocycles. The minimum Gasteiger partial charge on any atom is -0.504 e. The number of rotatable bonds is 18. The summed E-state index contributed by atoms with van der Waals surface area (Å²) in [4.78, 5) is 26.6. The number of unbranched alkanes of at least 4 members (excludes halogenated alkanes) is 4. The molecule has 0 unspecified atom stereocenters. The normalized spacial score (nSPS) is 19.2. The van der Waals surface area contributed by atoms with Crippen molar-refractivity contribution < 1.29 is 29.3 Å². The third kappa shape index (κ3) is 10.3. The van der Waals surface area contributed by atoms with E-state index in [0.29, 0.717) is 50.0 Å². The summed E-state index contributed by atoms with van der Waals surface area (Å²) in [5.74, 6) is 0.420. The molecule has 3 rings (SSSR count). The van der Waals surface area contributed by atoms with Crippen LogP contribution in [0.5, 0.6) is 11.5 Å². The van der Waals surface area contributed by atoms with E-state index >= 15 is 0 Å². The predicted octanol–water partition coefficient (Wildman–Crippen LogP) is 6.98. The van der Waals surface area contributed by atoms with Crippen molar-refractivity contribution in [3.63, 3.8) is 0 Å². The Labute approximate surface area is 241 Å². The maximum Gasteiger partial charge on any atom is 0.302 e. The van der Waals surface area contributed by atoms with Crippen molar-refractivity contribution in [1.82, 2.24) is 4.90 Å². The van der Waals surface area contributed by atoms with E-state index in [-0.39, 0.29) is 35.9 Å². The quantitative estimate of drug-likeness (QED) is 0.149. The van der Waals surface area contributed by atoms with Gasteiger partial charge in [-0.1, -0.05) is 58.4 Å². The SMILES string of the molecule is CCCCC[C@H](O)C[C@@H](CCc1cc(CN2C(=O)CC[C@H]2CCCCC)c(O)c(OC2CCCC2)c1)OC(C)=O. The van der Waals surface area contributed by atoms with Crippen LogP contribution in [-0.2, 0) is 27.3 Å². The first-order chi connectivity index (χ1) is 19.3. The van der Waals surface area contributed by atoms with E-state index in [2.05, 4.69) is 13.8 Å². The van der Waals surface area contributed by atoms with Crippen LogP contribution < -0.4 is 4.74 Å². The van der Waals surface area contributed by atoms with Crippen molar-refractivity contribution in [2.75, 3.05) is 0 Å². The Morgan fingerprint density at radius 3 is 2.48 bits per heavy atom. The van der Waals surface area contributed by atoms with Crippen LogP contribution in [-0.4, -0.2) is 51.3 Å². The third-order valence-corrected chi connectivity index (χ3v) is 8.51. The number of carbonyl (C=O) groups excluding carboxylic acids is 2. The van der Waals surface area contributed by atoms with Gasteiger partial charge in [0.25, 0.3) is 0 Å². The average molecular weight is 560 g/mol. The number of ether oxygens (including phenoxy) is 2. The van der Waals surface area contributed by atoms with Gasteiger partial charge in [0.1, 0.15) is 6.10 Å². The largest absolute Gasteiger partial charge is 0.504 e. The highest BCUT2D eigenvalue weighted by Gasteiger charge is 2.32. The number of hydrogen-bond donors (Lipinski definition) is 2. The standard InChI is InChI=1S/C33H53NO6/c1-4-6-8-12-27-17-19-32(37)34(27)23-26-20-25(21-31(33(26)38)40-29-14-10-11-15-29)16-18-30(39-24(3)35)22-28(36)13-9-7-5-2/h20-21,27-30,36,38H,4-19,22-23H2,1-3H3/t27-,28+,30-/m1/s1. The second kappa shape index (κ2) is 16.9. The number of aliphatic hydroxyl groups is 1. The second-order valence-corrected chi connectivity index (χ2v) is 12.0. The highest BCUT2D eigenvalue weighted by Crippen LogP contribution is 2.38. The number of aryl methyl sites for hydroxylation is 1. The minimum absolute atomic E-state index is 0.0938. The Balaban J connectivity index is 1.77. The van der Waals surface area contributed by atoms with Gasteiger partial charge >= 0.3 is 5.97 Å². The average Bonchev–Trinajstić information content (AvgIpc) is 3.55. The van der Waals surface area contributed by atoms with Gasteiger partial charge in [0.05, 0.1) is 12.2 Å². The molecule has 1 saturated heterocycles. The number of nitrogens with zero attached hydrogens (tertiary/aromatic N) is 1. The van der Waals surface area contributed by atoms with Gasteiger partial charge in [-0.2, -0.15) is 0 Å². The van der Waals surface area contributed by atoms with Gasteiger partial charge in [-0.25, -0.2) is 0 Å².